The molecule has 0 aliphatic carbocycles. The van der Waals surface area contributed by atoms with E-state index in [-0.39, 0.29) is 17.7 Å². The van der Waals surface area contributed by atoms with Gasteiger partial charge in [0, 0.05) is 5.92 Å². The molecule has 0 aromatic rings. The van der Waals surface area contributed by atoms with E-state index in [0.29, 0.717) is 0 Å². The normalized spacial score (nSPS) is 13.4. The van der Waals surface area contributed by atoms with Gasteiger partial charge in [0.25, 0.3) is 0 Å². The van der Waals surface area contributed by atoms with Crippen molar-refractivity contribution >= 4 is 5.78 Å². The topological polar surface area (TPSA) is 43.1 Å². The Balaban J connectivity index is 3.57. The van der Waals surface area contributed by atoms with Crippen LogP contribution < -0.4 is 5.73 Å². The second kappa shape index (κ2) is 6.18. The Bertz CT molecular complexity index is 132. The fourth-order valence-electron chi connectivity index (χ4n) is 1.18. The van der Waals surface area contributed by atoms with E-state index in [2.05, 4.69) is 6.92 Å². The van der Waals surface area contributed by atoms with Crippen LogP contribution in [0.1, 0.15) is 46.5 Å². The van der Waals surface area contributed by atoms with Crippen molar-refractivity contribution in [2.45, 2.75) is 52.5 Å². The van der Waals surface area contributed by atoms with E-state index in [0.717, 1.165) is 12.8 Å². The molecule has 0 saturated carbocycles. The third-order valence-corrected chi connectivity index (χ3v) is 2.05. The van der Waals surface area contributed by atoms with E-state index in [4.69, 9.17) is 5.73 Å². The van der Waals surface area contributed by atoms with Crippen molar-refractivity contribution in [1.29, 1.82) is 0 Å². The lowest BCUT2D eigenvalue weighted by Gasteiger charge is -2.12. The number of rotatable bonds is 6. The van der Waals surface area contributed by atoms with Gasteiger partial charge < -0.3 is 5.73 Å². The van der Waals surface area contributed by atoms with Gasteiger partial charge in [0.15, 0.2) is 5.78 Å². The van der Waals surface area contributed by atoms with Gasteiger partial charge in [0.2, 0.25) is 0 Å². The lowest BCUT2D eigenvalue weighted by Crippen LogP contribution is -2.33. The van der Waals surface area contributed by atoms with Crippen molar-refractivity contribution < 1.29 is 4.79 Å². The lowest BCUT2D eigenvalue weighted by atomic mass is 9.98. The Morgan fingerprint density at radius 2 is 1.92 bits per heavy atom. The molecule has 0 aromatic heterocycles. The number of nitrogens with two attached hydrogens (primary N) is 1. The Morgan fingerprint density at radius 1 is 1.33 bits per heavy atom. The molecule has 0 unspecified atom stereocenters. The zero-order valence-corrected chi connectivity index (χ0v) is 8.47. The van der Waals surface area contributed by atoms with E-state index in [1.165, 1.54) is 12.8 Å². The average Bonchev–Trinajstić information content (AvgIpc) is 2.03. The fourth-order valence-corrected chi connectivity index (χ4v) is 1.18. The van der Waals surface area contributed by atoms with Crippen molar-refractivity contribution in [3.8, 4) is 0 Å². The molecular formula is C10H21NO. The highest BCUT2D eigenvalue weighted by atomic mass is 16.1. The molecule has 0 fully saturated rings. The maximum absolute atomic E-state index is 11.3. The SMILES string of the molecule is CCCCC[C@H](N)C(=O)C(C)C. The number of unbranched alkanes of at least 4 members (excludes halogenated alkanes) is 2. The third kappa shape index (κ3) is 4.50. The van der Waals surface area contributed by atoms with Crippen molar-refractivity contribution in [3.63, 3.8) is 0 Å². The number of carbonyl (C=O) groups excluding carboxylic acids is 1. The second-order valence-electron chi connectivity index (χ2n) is 3.66. The van der Waals surface area contributed by atoms with Crippen LogP contribution in [-0.4, -0.2) is 11.8 Å². The molecule has 0 amide bonds. The Labute approximate surface area is 75.5 Å². The fraction of sp³-hybridized carbons (Fsp3) is 0.900. The summed E-state index contributed by atoms with van der Waals surface area (Å²) in [5, 5.41) is 0. The molecule has 2 N–H and O–H groups in total. The molecule has 72 valence electrons. The van der Waals surface area contributed by atoms with Crippen LogP contribution in [0.2, 0.25) is 0 Å². The minimum atomic E-state index is -0.225. The van der Waals surface area contributed by atoms with Crippen LogP contribution in [0.4, 0.5) is 0 Å². The summed E-state index contributed by atoms with van der Waals surface area (Å²) in [4.78, 5) is 11.3. The second-order valence-corrected chi connectivity index (χ2v) is 3.66. The van der Waals surface area contributed by atoms with Gasteiger partial charge in [-0.1, -0.05) is 40.0 Å². The Morgan fingerprint density at radius 3 is 2.33 bits per heavy atom. The van der Waals surface area contributed by atoms with Crippen LogP contribution in [0, 0.1) is 5.92 Å². The summed E-state index contributed by atoms with van der Waals surface area (Å²) in [7, 11) is 0. The first-order valence-corrected chi connectivity index (χ1v) is 4.88. The summed E-state index contributed by atoms with van der Waals surface area (Å²) in [5.74, 6) is 0.285. The molecule has 0 aliphatic rings. The van der Waals surface area contributed by atoms with Gasteiger partial charge in [0.05, 0.1) is 6.04 Å². The largest absolute Gasteiger partial charge is 0.321 e. The molecule has 0 heterocycles. The van der Waals surface area contributed by atoms with Crippen molar-refractivity contribution in [3.05, 3.63) is 0 Å². The van der Waals surface area contributed by atoms with E-state index in [9.17, 15) is 4.79 Å². The minimum Gasteiger partial charge on any atom is -0.321 e. The van der Waals surface area contributed by atoms with Gasteiger partial charge >= 0.3 is 0 Å². The minimum absolute atomic E-state index is 0.0848. The summed E-state index contributed by atoms with van der Waals surface area (Å²) >= 11 is 0. The summed E-state index contributed by atoms with van der Waals surface area (Å²) < 4.78 is 0. The van der Waals surface area contributed by atoms with Gasteiger partial charge in [-0.05, 0) is 6.42 Å². The predicted molar refractivity (Wildman–Crippen MR) is 52.0 cm³/mol. The van der Waals surface area contributed by atoms with E-state index in [1.807, 2.05) is 13.8 Å². The first-order chi connectivity index (χ1) is 5.59. The van der Waals surface area contributed by atoms with E-state index < -0.39 is 0 Å². The van der Waals surface area contributed by atoms with E-state index in [1.54, 1.807) is 0 Å². The predicted octanol–water partition coefficient (Wildman–Crippen LogP) is 2.12. The third-order valence-electron chi connectivity index (χ3n) is 2.05. The van der Waals surface area contributed by atoms with Crippen molar-refractivity contribution in [2.24, 2.45) is 11.7 Å². The highest BCUT2D eigenvalue weighted by Crippen LogP contribution is 2.06. The number of hydrogen-bond acceptors (Lipinski definition) is 2. The van der Waals surface area contributed by atoms with Crippen molar-refractivity contribution in [1.82, 2.24) is 0 Å². The van der Waals surface area contributed by atoms with E-state index >= 15 is 0 Å². The standard InChI is InChI=1S/C10H21NO/c1-4-5-6-7-9(11)10(12)8(2)3/h8-9H,4-7,11H2,1-3H3/t9-/m0/s1. The highest BCUT2D eigenvalue weighted by molar-refractivity contribution is 5.85. The van der Waals surface area contributed by atoms with Crippen LogP contribution >= 0.6 is 0 Å². The van der Waals surface area contributed by atoms with Gasteiger partial charge in [-0.3, -0.25) is 4.79 Å². The van der Waals surface area contributed by atoms with Gasteiger partial charge in [-0.15, -0.1) is 0 Å². The number of Topliss-reactive ketones (excluding diaryl/α,β-unsaturated/α-hetero) is 1. The first kappa shape index (κ1) is 11.6. The summed E-state index contributed by atoms with van der Waals surface area (Å²) in [6.45, 7) is 5.96. The maximum atomic E-state index is 11.3. The van der Waals surface area contributed by atoms with Gasteiger partial charge in [-0.25, -0.2) is 0 Å². The Hall–Kier alpha value is -0.370. The van der Waals surface area contributed by atoms with Gasteiger partial charge in [-0.2, -0.15) is 0 Å². The zero-order valence-electron chi connectivity index (χ0n) is 8.47. The van der Waals surface area contributed by atoms with Crippen molar-refractivity contribution in [2.75, 3.05) is 0 Å². The molecule has 0 rings (SSSR count). The molecule has 0 spiro atoms. The van der Waals surface area contributed by atoms with Crippen LogP contribution in [0.5, 0.6) is 0 Å². The number of hydrogen-bond donors (Lipinski definition) is 1. The zero-order chi connectivity index (χ0) is 9.56. The van der Waals surface area contributed by atoms with Gasteiger partial charge in [0.1, 0.15) is 0 Å². The molecular weight excluding hydrogens is 150 g/mol. The lowest BCUT2D eigenvalue weighted by molar-refractivity contribution is -0.123. The number of ketones is 1. The Kier molecular flexibility index (Phi) is 5.99. The van der Waals surface area contributed by atoms with Crippen LogP contribution in [-0.2, 0) is 4.79 Å². The molecule has 12 heavy (non-hydrogen) atoms. The average molecular weight is 171 g/mol. The molecule has 0 saturated heterocycles. The quantitative estimate of drug-likeness (QED) is 0.622. The number of carbonyl (C=O) groups is 1. The summed E-state index contributed by atoms with van der Waals surface area (Å²) in [5.41, 5.74) is 5.71. The molecule has 0 radical (unpaired) electrons. The molecule has 0 aromatic carbocycles. The summed E-state index contributed by atoms with van der Waals surface area (Å²) in [6, 6.07) is -0.225. The van der Waals surface area contributed by atoms with Crippen LogP contribution in [0.3, 0.4) is 0 Å². The first-order valence-electron chi connectivity index (χ1n) is 4.88. The smallest absolute Gasteiger partial charge is 0.152 e. The maximum Gasteiger partial charge on any atom is 0.152 e. The molecule has 1 atom stereocenters. The molecule has 2 nitrogen and oxygen atoms in total. The monoisotopic (exact) mass is 171 g/mol. The molecule has 0 aliphatic heterocycles. The van der Waals surface area contributed by atoms with Crippen LogP contribution in [0.25, 0.3) is 0 Å². The highest BCUT2D eigenvalue weighted by Gasteiger charge is 2.15. The molecule has 0 bridgehead atoms. The van der Waals surface area contributed by atoms with Crippen LogP contribution in [0.15, 0.2) is 0 Å². The summed E-state index contributed by atoms with van der Waals surface area (Å²) in [6.07, 6.45) is 4.29. The molecule has 2 heteroatoms.